The second-order valence-electron chi connectivity index (χ2n) is 5.89. The molecule has 0 radical (unpaired) electrons. The molecule has 4 rings (SSSR count). The third-order valence-corrected chi connectivity index (χ3v) is 5.22. The van der Waals surface area contributed by atoms with E-state index in [4.69, 9.17) is 5.10 Å². The molecule has 0 saturated carbocycles. The smallest absolute Gasteiger partial charge is 0.223 e. The molecule has 1 unspecified atom stereocenters. The SMILES string of the molecule is CC(=O)Nc1nc2c(s1)-c1nn(C3C=CCCC3)cc1CC2. The first-order valence-corrected chi connectivity index (χ1v) is 8.55. The number of carbonyl (C=O) groups is 1. The maximum Gasteiger partial charge on any atom is 0.223 e. The Kier molecular flexibility index (Phi) is 3.33. The topological polar surface area (TPSA) is 59.8 Å². The monoisotopic (exact) mass is 314 g/mol. The van der Waals surface area contributed by atoms with Gasteiger partial charge in [0, 0.05) is 13.1 Å². The largest absolute Gasteiger partial charge is 0.302 e. The fourth-order valence-corrected chi connectivity index (χ4v) is 4.23. The number of amides is 1. The molecule has 1 atom stereocenters. The van der Waals surface area contributed by atoms with E-state index < -0.39 is 0 Å². The number of thiazole rings is 1. The van der Waals surface area contributed by atoms with E-state index in [0.717, 1.165) is 35.5 Å². The fraction of sp³-hybridized carbons (Fsp3) is 0.438. The Balaban J connectivity index is 1.70. The van der Waals surface area contributed by atoms with Gasteiger partial charge >= 0.3 is 0 Å². The number of hydrogen-bond acceptors (Lipinski definition) is 4. The molecule has 0 aliphatic heterocycles. The minimum absolute atomic E-state index is 0.0795. The Hall–Kier alpha value is -1.95. The summed E-state index contributed by atoms with van der Waals surface area (Å²) in [4.78, 5) is 16.9. The van der Waals surface area contributed by atoms with Crippen molar-refractivity contribution in [2.24, 2.45) is 0 Å². The first-order valence-electron chi connectivity index (χ1n) is 7.73. The Morgan fingerprint density at radius 1 is 1.45 bits per heavy atom. The Morgan fingerprint density at radius 2 is 2.36 bits per heavy atom. The van der Waals surface area contributed by atoms with Crippen molar-refractivity contribution in [3.05, 3.63) is 29.6 Å². The van der Waals surface area contributed by atoms with Gasteiger partial charge in [-0.15, -0.1) is 0 Å². The summed E-state index contributed by atoms with van der Waals surface area (Å²) in [7, 11) is 0. The molecule has 1 N–H and O–H groups in total. The molecule has 0 fully saturated rings. The van der Waals surface area contributed by atoms with Crippen LogP contribution in [0.3, 0.4) is 0 Å². The van der Waals surface area contributed by atoms with Crippen molar-refractivity contribution in [1.82, 2.24) is 14.8 Å². The standard InChI is InChI=1S/C16H18N4OS/c1-10(21)17-16-18-13-8-7-11-9-20(12-5-3-2-4-6-12)19-14(11)15(13)22-16/h3,5,9,12H,2,4,6-8H2,1H3,(H,17,18,21). The summed E-state index contributed by atoms with van der Waals surface area (Å²) < 4.78 is 2.10. The number of hydrogen-bond donors (Lipinski definition) is 1. The second kappa shape index (κ2) is 5.35. The van der Waals surface area contributed by atoms with E-state index >= 15 is 0 Å². The van der Waals surface area contributed by atoms with Crippen LogP contribution in [0, 0.1) is 0 Å². The molecule has 2 heterocycles. The van der Waals surface area contributed by atoms with Crippen molar-refractivity contribution in [3.63, 3.8) is 0 Å². The Morgan fingerprint density at radius 3 is 3.14 bits per heavy atom. The molecule has 0 bridgehead atoms. The predicted molar refractivity (Wildman–Crippen MR) is 87.1 cm³/mol. The third-order valence-electron chi connectivity index (χ3n) is 4.20. The van der Waals surface area contributed by atoms with Gasteiger partial charge in [-0.2, -0.15) is 5.10 Å². The van der Waals surface area contributed by atoms with E-state index in [0.29, 0.717) is 11.2 Å². The molecule has 0 spiro atoms. The average Bonchev–Trinajstić information content (AvgIpc) is 3.10. The molecule has 2 aromatic heterocycles. The molecule has 2 aliphatic carbocycles. The fourth-order valence-electron chi connectivity index (χ4n) is 3.15. The first-order chi connectivity index (χ1) is 10.7. The number of aryl methyl sites for hydroxylation is 2. The molecule has 22 heavy (non-hydrogen) atoms. The first kappa shape index (κ1) is 13.7. The van der Waals surface area contributed by atoms with Gasteiger partial charge in [-0.3, -0.25) is 9.48 Å². The molecule has 114 valence electrons. The van der Waals surface area contributed by atoms with Crippen molar-refractivity contribution in [3.8, 4) is 10.6 Å². The summed E-state index contributed by atoms with van der Waals surface area (Å²) >= 11 is 1.53. The van der Waals surface area contributed by atoms with Crippen molar-refractivity contribution >= 4 is 22.4 Å². The molecule has 2 aromatic rings. The highest BCUT2D eigenvalue weighted by atomic mass is 32.1. The van der Waals surface area contributed by atoms with Crippen molar-refractivity contribution in [2.75, 3.05) is 5.32 Å². The van der Waals surface area contributed by atoms with Crippen LogP contribution in [0.15, 0.2) is 18.3 Å². The summed E-state index contributed by atoms with van der Waals surface area (Å²) in [5, 5.41) is 8.30. The van der Waals surface area contributed by atoms with Crippen LogP contribution in [0.4, 0.5) is 5.13 Å². The van der Waals surface area contributed by atoms with E-state index in [-0.39, 0.29) is 5.91 Å². The van der Waals surface area contributed by atoms with Gasteiger partial charge < -0.3 is 5.32 Å². The van der Waals surface area contributed by atoms with Gasteiger partial charge in [0.2, 0.25) is 5.91 Å². The van der Waals surface area contributed by atoms with Gasteiger partial charge in [0.15, 0.2) is 5.13 Å². The number of nitrogens with one attached hydrogen (secondary N) is 1. The minimum atomic E-state index is -0.0795. The molecule has 0 saturated heterocycles. The number of aromatic nitrogens is 3. The molecular formula is C16H18N4OS. The number of nitrogens with zero attached hydrogens (tertiary/aromatic N) is 3. The average molecular weight is 314 g/mol. The van der Waals surface area contributed by atoms with E-state index in [1.54, 1.807) is 0 Å². The summed E-state index contributed by atoms with van der Waals surface area (Å²) in [5.74, 6) is -0.0795. The summed E-state index contributed by atoms with van der Waals surface area (Å²) in [6, 6.07) is 0.380. The highest BCUT2D eigenvalue weighted by Gasteiger charge is 2.25. The van der Waals surface area contributed by atoms with E-state index in [1.807, 2.05) is 0 Å². The van der Waals surface area contributed by atoms with Crippen molar-refractivity contribution < 1.29 is 4.79 Å². The Bertz CT molecular complexity index is 758. The molecule has 6 heteroatoms. The van der Waals surface area contributed by atoms with Gasteiger partial charge in [0.05, 0.1) is 16.6 Å². The molecular weight excluding hydrogens is 296 g/mol. The number of carbonyl (C=O) groups excluding carboxylic acids is 1. The quantitative estimate of drug-likeness (QED) is 0.865. The molecule has 5 nitrogen and oxygen atoms in total. The molecule has 0 aromatic carbocycles. The maximum atomic E-state index is 11.2. The number of fused-ring (bicyclic) bond motifs is 3. The molecule has 2 aliphatic rings. The summed E-state index contributed by atoms with van der Waals surface area (Å²) in [6.45, 7) is 1.51. The van der Waals surface area contributed by atoms with Crippen molar-refractivity contribution in [1.29, 1.82) is 0 Å². The van der Waals surface area contributed by atoms with Gasteiger partial charge in [0.1, 0.15) is 5.69 Å². The van der Waals surface area contributed by atoms with Crippen LogP contribution in [0.2, 0.25) is 0 Å². The third kappa shape index (κ3) is 2.37. The maximum absolute atomic E-state index is 11.2. The minimum Gasteiger partial charge on any atom is -0.302 e. The lowest BCUT2D eigenvalue weighted by Crippen LogP contribution is -2.09. The van der Waals surface area contributed by atoms with Crippen LogP contribution in [-0.2, 0) is 17.6 Å². The number of rotatable bonds is 2. The zero-order valence-corrected chi connectivity index (χ0v) is 13.3. The number of anilines is 1. The zero-order chi connectivity index (χ0) is 15.1. The van der Waals surface area contributed by atoms with E-state index in [9.17, 15) is 4.79 Å². The normalized spacial score (nSPS) is 19.6. The van der Waals surface area contributed by atoms with Crippen molar-refractivity contribution in [2.45, 2.75) is 45.1 Å². The summed E-state index contributed by atoms with van der Waals surface area (Å²) in [5.41, 5.74) is 3.41. The van der Waals surface area contributed by atoms with E-state index in [1.165, 1.54) is 36.7 Å². The lowest BCUT2D eigenvalue weighted by atomic mass is 10.0. The van der Waals surface area contributed by atoms with Gasteiger partial charge in [-0.25, -0.2) is 4.98 Å². The van der Waals surface area contributed by atoms with Gasteiger partial charge in [-0.05, 0) is 37.7 Å². The van der Waals surface area contributed by atoms with Gasteiger partial charge in [-0.1, -0.05) is 23.5 Å². The Labute approximate surface area is 133 Å². The van der Waals surface area contributed by atoms with Crippen LogP contribution in [0.1, 0.15) is 43.5 Å². The lowest BCUT2D eigenvalue weighted by molar-refractivity contribution is -0.114. The zero-order valence-electron chi connectivity index (χ0n) is 12.5. The molecule has 1 amide bonds. The van der Waals surface area contributed by atoms with Gasteiger partial charge in [0.25, 0.3) is 0 Å². The van der Waals surface area contributed by atoms with Crippen LogP contribution >= 0.6 is 11.3 Å². The highest BCUT2D eigenvalue weighted by molar-refractivity contribution is 7.19. The van der Waals surface area contributed by atoms with Crippen LogP contribution in [0.25, 0.3) is 10.6 Å². The van der Waals surface area contributed by atoms with E-state index in [2.05, 4.69) is 33.3 Å². The van der Waals surface area contributed by atoms with Crippen LogP contribution in [0.5, 0.6) is 0 Å². The highest BCUT2D eigenvalue weighted by Crippen LogP contribution is 2.39. The predicted octanol–water partition coefficient (Wildman–Crippen LogP) is 3.34. The second-order valence-corrected chi connectivity index (χ2v) is 6.88. The lowest BCUT2D eigenvalue weighted by Gasteiger charge is -2.16. The van der Waals surface area contributed by atoms with Crippen LogP contribution in [-0.4, -0.2) is 20.7 Å². The van der Waals surface area contributed by atoms with Crippen LogP contribution < -0.4 is 5.32 Å². The number of allylic oxidation sites excluding steroid dienone is 2. The summed E-state index contributed by atoms with van der Waals surface area (Å²) in [6.07, 6.45) is 12.2.